The van der Waals surface area contributed by atoms with Gasteiger partial charge >= 0.3 is 0 Å². The monoisotopic (exact) mass is 435 g/mol. The molecule has 0 aliphatic carbocycles. The van der Waals surface area contributed by atoms with E-state index in [2.05, 4.69) is 23.8 Å². The predicted molar refractivity (Wildman–Crippen MR) is 125 cm³/mol. The highest BCUT2D eigenvalue weighted by atomic mass is 16.2. The molecule has 7 heteroatoms. The molecule has 32 heavy (non-hydrogen) atoms. The van der Waals surface area contributed by atoms with Gasteiger partial charge < -0.3 is 16.4 Å². The van der Waals surface area contributed by atoms with Crippen molar-refractivity contribution >= 4 is 23.5 Å². The van der Waals surface area contributed by atoms with E-state index in [-0.39, 0.29) is 17.6 Å². The molecular formula is C25H29N3O4. The number of rotatable bonds is 9. The summed E-state index contributed by atoms with van der Waals surface area (Å²) in [6, 6.07) is 15.6. The van der Waals surface area contributed by atoms with Gasteiger partial charge in [0.2, 0.25) is 11.8 Å². The van der Waals surface area contributed by atoms with Crippen molar-refractivity contribution in [2.24, 2.45) is 5.73 Å². The van der Waals surface area contributed by atoms with E-state index in [1.807, 2.05) is 18.2 Å². The number of hydrogen-bond donors (Lipinski definition) is 3. The average Bonchev–Trinajstić information content (AvgIpc) is 2.79. The molecule has 0 fully saturated rings. The standard InChI is InChI=1S/C21H22N2O3.C4H7NO/c1-15(2)20(25)22-13-6-14-23-21(26)18-11-9-17(10-12-18)19(24)16-7-4-3-5-8-16;1-3(2)4(5)6/h3-5,7-12H,1,6,13-14H2,2H3,(H,22,25)(H,23,26);1H2,2H3,(H2,5,6). The number of nitrogens with one attached hydrogen (secondary N) is 2. The van der Waals surface area contributed by atoms with E-state index in [1.165, 1.54) is 0 Å². The van der Waals surface area contributed by atoms with Gasteiger partial charge in [0.25, 0.3) is 5.91 Å². The molecule has 0 radical (unpaired) electrons. The minimum Gasteiger partial charge on any atom is -0.366 e. The van der Waals surface area contributed by atoms with Gasteiger partial charge in [-0.15, -0.1) is 0 Å². The topological polar surface area (TPSA) is 118 Å². The van der Waals surface area contributed by atoms with Crippen LogP contribution in [0.4, 0.5) is 0 Å². The first kappa shape index (κ1) is 26.0. The van der Waals surface area contributed by atoms with E-state index < -0.39 is 5.91 Å². The predicted octanol–water partition coefficient (Wildman–Crippen LogP) is 2.78. The smallest absolute Gasteiger partial charge is 0.251 e. The molecular weight excluding hydrogens is 406 g/mol. The lowest BCUT2D eigenvalue weighted by molar-refractivity contribution is -0.117. The molecule has 7 nitrogen and oxygen atoms in total. The summed E-state index contributed by atoms with van der Waals surface area (Å²) in [5, 5.41) is 5.49. The van der Waals surface area contributed by atoms with Crippen LogP contribution in [-0.2, 0) is 9.59 Å². The third kappa shape index (κ3) is 9.21. The molecule has 2 rings (SSSR count). The van der Waals surface area contributed by atoms with Crippen LogP contribution in [0.1, 0.15) is 46.5 Å². The van der Waals surface area contributed by atoms with Gasteiger partial charge in [0.15, 0.2) is 5.78 Å². The fraction of sp³-hybridized carbons (Fsp3) is 0.200. The maximum Gasteiger partial charge on any atom is 0.251 e. The lowest BCUT2D eigenvalue weighted by Crippen LogP contribution is -2.30. The molecule has 2 aromatic carbocycles. The molecule has 0 saturated carbocycles. The zero-order valence-electron chi connectivity index (χ0n) is 18.4. The van der Waals surface area contributed by atoms with Crippen molar-refractivity contribution in [3.8, 4) is 0 Å². The Bertz CT molecular complexity index is 968. The van der Waals surface area contributed by atoms with Crippen molar-refractivity contribution in [3.63, 3.8) is 0 Å². The Morgan fingerprint density at radius 1 is 0.750 bits per heavy atom. The van der Waals surface area contributed by atoms with Crippen LogP contribution in [0.25, 0.3) is 0 Å². The maximum atomic E-state index is 12.3. The fourth-order valence-corrected chi connectivity index (χ4v) is 2.27. The van der Waals surface area contributed by atoms with Crippen LogP contribution in [0.5, 0.6) is 0 Å². The molecule has 0 spiro atoms. The second-order valence-electron chi connectivity index (χ2n) is 7.06. The Balaban J connectivity index is 0.000000751. The van der Waals surface area contributed by atoms with E-state index in [9.17, 15) is 19.2 Å². The van der Waals surface area contributed by atoms with Crippen molar-refractivity contribution in [1.29, 1.82) is 0 Å². The summed E-state index contributed by atoms with van der Waals surface area (Å²) in [6.07, 6.45) is 0.620. The Labute approximate surface area is 188 Å². The summed E-state index contributed by atoms with van der Waals surface area (Å²) in [5.74, 6) is -0.911. The number of benzene rings is 2. The number of nitrogens with two attached hydrogens (primary N) is 1. The largest absolute Gasteiger partial charge is 0.366 e. The lowest BCUT2D eigenvalue weighted by atomic mass is 10.0. The Hall–Kier alpha value is -4.00. The first-order valence-corrected chi connectivity index (χ1v) is 10.0. The molecule has 0 saturated heterocycles. The molecule has 0 aromatic heterocycles. The van der Waals surface area contributed by atoms with Gasteiger partial charge in [-0.05, 0) is 32.4 Å². The van der Waals surface area contributed by atoms with Crippen LogP contribution in [-0.4, -0.2) is 36.6 Å². The molecule has 0 heterocycles. The van der Waals surface area contributed by atoms with Crippen molar-refractivity contribution < 1.29 is 19.2 Å². The third-order valence-electron chi connectivity index (χ3n) is 4.18. The normalized spacial score (nSPS) is 9.56. The van der Waals surface area contributed by atoms with Gasteiger partial charge in [-0.3, -0.25) is 19.2 Å². The van der Waals surface area contributed by atoms with Gasteiger partial charge in [0, 0.05) is 40.9 Å². The number of amides is 3. The summed E-state index contributed by atoms with van der Waals surface area (Å²) in [5.41, 5.74) is 7.19. The average molecular weight is 436 g/mol. The lowest BCUT2D eigenvalue weighted by Gasteiger charge is -2.07. The highest BCUT2D eigenvalue weighted by molar-refractivity contribution is 6.09. The van der Waals surface area contributed by atoms with Crippen LogP contribution in [0.15, 0.2) is 78.9 Å². The molecule has 0 atom stereocenters. The second-order valence-corrected chi connectivity index (χ2v) is 7.06. The highest BCUT2D eigenvalue weighted by Gasteiger charge is 2.10. The molecule has 3 amide bonds. The molecule has 0 aliphatic rings. The maximum absolute atomic E-state index is 12.3. The van der Waals surface area contributed by atoms with Crippen molar-refractivity contribution in [2.45, 2.75) is 20.3 Å². The first-order chi connectivity index (χ1) is 15.1. The van der Waals surface area contributed by atoms with E-state index >= 15 is 0 Å². The highest BCUT2D eigenvalue weighted by Crippen LogP contribution is 2.11. The van der Waals surface area contributed by atoms with Gasteiger partial charge in [-0.2, -0.15) is 0 Å². The van der Waals surface area contributed by atoms with Crippen LogP contribution in [0.2, 0.25) is 0 Å². The summed E-state index contributed by atoms with van der Waals surface area (Å²) in [6.45, 7) is 11.0. The molecule has 168 valence electrons. The number of hydrogen-bond acceptors (Lipinski definition) is 4. The van der Waals surface area contributed by atoms with Gasteiger partial charge in [0.05, 0.1) is 0 Å². The Morgan fingerprint density at radius 3 is 1.72 bits per heavy atom. The molecule has 0 aliphatic heterocycles. The molecule has 0 bridgehead atoms. The molecule has 2 aromatic rings. The summed E-state index contributed by atoms with van der Waals surface area (Å²) in [4.78, 5) is 45.6. The van der Waals surface area contributed by atoms with E-state index in [0.717, 1.165) is 0 Å². The van der Waals surface area contributed by atoms with E-state index in [4.69, 9.17) is 5.73 Å². The number of primary amides is 1. The summed E-state index contributed by atoms with van der Waals surface area (Å²) >= 11 is 0. The third-order valence-corrected chi connectivity index (χ3v) is 4.18. The molecule has 0 unspecified atom stereocenters. The van der Waals surface area contributed by atoms with Crippen LogP contribution in [0.3, 0.4) is 0 Å². The van der Waals surface area contributed by atoms with Crippen LogP contribution < -0.4 is 16.4 Å². The fourth-order valence-electron chi connectivity index (χ4n) is 2.27. The Morgan fingerprint density at radius 2 is 1.22 bits per heavy atom. The minimum absolute atomic E-state index is 0.0780. The number of carbonyl (C=O) groups is 4. The summed E-state index contributed by atoms with van der Waals surface area (Å²) < 4.78 is 0. The minimum atomic E-state index is -0.435. The summed E-state index contributed by atoms with van der Waals surface area (Å²) in [7, 11) is 0. The van der Waals surface area contributed by atoms with Gasteiger partial charge in [0.1, 0.15) is 0 Å². The van der Waals surface area contributed by atoms with E-state index in [0.29, 0.717) is 47.3 Å². The second kappa shape index (κ2) is 13.3. The quantitative estimate of drug-likeness (QED) is 0.319. The van der Waals surface area contributed by atoms with Crippen molar-refractivity contribution in [2.75, 3.05) is 13.1 Å². The van der Waals surface area contributed by atoms with Crippen LogP contribution >= 0.6 is 0 Å². The zero-order chi connectivity index (χ0) is 24.1. The van der Waals surface area contributed by atoms with Crippen molar-refractivity contribution in [1.82, 2.24) is 10.6 Å². The van der Waals surface area contributed by atoms with Crippen molar-refractivity contribution in [3.05, 3.63) is 95.6 Å². The number of ketones is 1. The number of carbonyl (C=O) groups excluding carboxylic acids is 4. The van der Waals surface area contributed by atoms with Gasteiger partial charge in [-0.1, -0.05) is 55.6 Å². The first-order valence-electron chi connectivity index (χ1n) is 10.0. The zero-order valence-corrected chi connectivity index (χ0v) is 18.4. The van der Waals surface area contributed by atoms with E-state index in [1.54, 1.807) is 50.2 Å². The Kier molecular flexibility index (Phi) is 10.8. The molecule has 4 N–H and O–H groups in total. The van der Waals surface area contributed by atoms with Gasteiger partial charge in [-0.25, -0.2) is 0 Å². The van der Waals surface area contributed by atoms with Crippen LogP contribution in [0, 0.1) is 0 Å². The SMILES string of the molecule is C=C(C)C(=O)NCCCNC(=O)c1ccc(C(=O)c2ccccc2)cc1.C=C(C)C(N)=O.